The predicted octanol–water partition coefficient (Wildman–Crippen LogP) is 3.16. The van der Waals surface area contributed by atoms with E-state index < -0.39 is 0 Å². The fourth-order valence-corrected chi connectivity index (χ4v) is 3.21. The molecule has 1 unspecified atom stereocenters. The summed E-state index contributed by atoms with van der Waals surface area (Å²) in [6, 6.07) is 5.59. The molecule has 0 aliphatic carbocycles. The van der Waals surface area contributed by atoms with Crippen molar-refractivity contribution in [3.8, 4) is 0 Å². The first-order valence-corrected chi connectivity index (χ1v) is 9.60. The Hall–Kier alpha value is -0.930. The number of aryl methyl sites for hydroxylation is 1. The molecule has 7 heteroatoms. The summed E-state index contributed by atoms with van der Waals surface area (Å²) in [5.41, 5.74) is 1.66. The number of hydrogen-bond donors (Lipinski definition) is 2. The number of halogens is 2. The summed E-state index contributed by atoms with van der Waals surface area (Å²) in [5.74, 6) is 1.17. The van der Waals surface area contributed by atoms with Gasteiger partial charge in [0.2, 0.25) is 0 Å². The Balaban J connectivity index is 0.00000364. The quantitative estimate of drug-likeness (QED) is 0.349. The molecule has 154 valence electrons. The third-order valence-corrected chi connectivity index (χ3v) is 4.75. The predicted molar refractivity (Wildman–Crippen MR) is 120 cm³/mol. The highest BCUT2D eigenvalue weighted by molar-refractivity contribution is 14.0. The Kier molecular flexibility index (Phi) is 11.2. The van der Waals surface area contributed by atoms with E-state index in [-0.39, 0.29) is 29.8 Å². The molecular weight excluding hydrogens is 458 g/mol. The van der Waals surface area contributed by atoms with Gasteiger partial charge in [-0.15, -0.1) is 24.0 Å². The summed E-state index contributed by atoms with van der Waals surface area (Å²) in [5, 5.41) is 6.78. The van der Waals surface area contributed by atoms with Crippen LogP contribution in [0.5, 0.6) is 0 Å². The van der Waals surface area contributed by atoms with E-state index in [1.807, 2.05) is 6.07 Å². The van der Waals surface area contributed by atoms with Crippen molar-refractivity contribution in [3.05, 3.63) is 35.1 Å². The Morgan fingerprint density at radius 3 is 2.56 bits per heavy atom. The fraction of sp³-hybridized carbons (Fsp3) is 0.650. The Bertz CT molecular complexity index is 591. The molecule has 0 amide bonds. The van der Waals surface area contributed by atoms with Crippen LogP contribution in [0.1, 0.15) is 31.9 Å². The molecule has 0 aromatic heterocycles. The van der Waals surface area contributed by atoms with Gasteiger partial charge in [0.1, 0.15) is 5.82 Å². The van der Waals surface area contributed by atoms with E-state index in [1.54, 1.807) is 13.0 Å². The van der Waals surface area contributed by atoms with Crippen molar-refractivity contribution in [2.75, 3.05) is 39.4 Å². The Morgan fingerprint density at radius 2 is 1.96 bits per heavy atom. The molecule has 5 nitrogen and oxygen atoms in total. The molecule has 1 heterocycles. The molecule has 27 heavy (non-hydrogen) atoms. The van der Waals surface area contributed by atoms with E-state index in [4.69, 9.17) is 4.74 Å². The summed E-state index contributed by atoms with van der Waals surface area (Å²) in [6.45, 7) is 14.1. The van der Waals surface area contributed by atoms with Gasteiger partial charge < -0.3 is 15.4 Å². The molecule has 1 saturated heterocycles. The van der Waals surface area contributed by atoms with Crippen LogP contribution in [0.15, 0.2) is 23.2 Å². The van der Waals surface area contributed by atoms with E-state index in [1.165, 1.54) is 6.07 Å². The zero-order valence-corrected chi connectivity index (χ0v) is 19.3. The van der Waals surface area contributed by atoms with Crippen molar-refractivity contribution in [1.29, 1.82) is 0 Å². The molecule has 2 N–H and O–H groups in total. The smallest absolute Gasteiger partial charge is 0.191 e. The molecule has 1 aliphatic rings. The maximum absolute atomic E-state index is 13.4. The number of aliphatic imine (C=N–C) groups is 1. The van der Waals surface area contributed by atoms with Gasteiger partial charge >= 0.3 is 0 Å². The van der Waals surface area contributed by atoms with E-state index in [2.05, 4.69) is 41.3 Å². The third-order valence-electron chi connectivity index (χ3n) is 4.75. The molecule has 0 bridgehead atoms. The van der Waals surface area contributed by atoms with Crippen LogP contribution >= 0.6 is 24.0 Å². The minimum atomic E-state index is -0.173. The normalized spacial score (nSPS) is 16.7. The highest BCUT2D eigenvalue weighted by Gasteiger charge is 2.23. The number of morpholine rings is 1. The molecular formula is C20H34FIN4O. The van der Waals surface area contributed by atoms with E-state index >= 15 is 0 Å². The highest BCUT2D eigenvalue weighted by Crippen LogP contribution is 2.13. The number of nitrogens with one attached hydrogen (secondary N) is 2. The molecule has 1 atom stereocenters. The number of ether oxygens (including phenoxy) is 1. The fourth-order valence-electron chi connectivity index (χ4n) is 3.21. The van der Waals surface area contributed by atoms with E-state index in [0.717, 1.165) is 50.9 Å². The molecule has 1 aliphatic heterocycles. The zero-order chi connectivity index (χ0) is 18.9. The van der Waals surface area contributed by atoms with Crippen molar-refractivity contribution >= 4 is 29.9 Å². The first-order chi connectivity index (χ1) is 12.5. The minimum Gasteiger partial charge on any atom is -0.379 e. The second-order valence-electron chi connectivity index (χ2n) is 7.12. The number of hydrogen-bond acceptors (Lipinski definition) is 3. The number of rotatable bonds is 7. The summed E-state index contributed by atoms with van der Waals surface area (Å²) in [6.07, 6.45) is 0. The second kappa shape index (κ2) is 12.5. The lowest BCUT2D eigenvalue weighted by Crippen LogP contribution is -2.52. The first-order valence-electron chi connectivity index (χ1n) is 9.60. The van der Waals surface area contributed by atoms with Crippen LogP contribution in [0, 0.1) is 18.7 Å². The number of benzene rings is 1. The van der Waals surface area contributed by atoms with Crippen LogP contribution in [-0.4, -0.2) is 56.3 Å². The van der Waals surface area contributed by atoms with Gasteiger partial charge in [-0.1, -0.05) is 26.0 Å². The van der Waals surface area contributed by atoms with Crippen molar-refractivity contribution in [2.45, 2.75) is 40.3 Å². The third kappa shape index (κ3) is 7.91. The molecule has 0 radical (unpaired) electrons. The summed E-state index contributed by atoms with van der Waals surface area (Å²) in [7, 11) is 0. The van der Waals surface area contributed by atoms with Gasteiger partial charge in [0.15, 0.2) is 5.96 Å². The average Bonchev–Trinajstić information content (AvgIpc) is 2.63. The SMILES string of the molecule is CCNC(=NCc1ccc(F)c(C)c1)NCC(C(C)C)N1CCOCC1.I. The Morgan fingerprint density at radius 1 is 1.26 bits per heavy atom. The topological polar surface area (TPSA) is 48.9 Å². The average molecular weight is 492 g/mol. The lowest BCUT2D eigenvalue weighted by Gasteiger charge is -2.37. The second-order valence-corrected chi connectivity index (χ2v) is 7.12. The number of nitrogens with zero attached hydrogens (tertiary/aromatic N) is 2. The highest BCUT2D eigenvalue weighted by atomic mass is 127. The Labute approximate surface area is 180 Å². The molecule has 1 aromatic rings. The van der Waals surface area contributed by atoms with Crippen molar-refractivity contribution < 1.29 is 9.13 Å². The molecule has 1 aromatic carbocycles. The van der Waals surface area contributed by atoms with Gasteiger partial charge in [0.25, 0.3) is 0 Å². The van der Waals surface area contributed by atoms with Gasteiger partial charge in [0, 0.05) is 32.2 Å². The van der Waals surface area contributed by atoms with E-state index in [9.17, 15) is 4.39 Å². The lowest BCUT2D eigenvalue weighted by molar-refractivity contribution is 0.00752. The van der Waals surface area contributed by atoms with Gasteiger partial charge in [0.05, 0.1) is 19.8 Å². The van der Waals surface area contributed by atoms with Crippen LogP contribution < -0.4 is 10.6 Å². The summed E-state index contributed by atoms with van der Waals surface area (Å²) < 4.78 is 18.9. The minimum absolute atomic E-state index is 0. The van der Waals surface area contributed by atoms with Gasteiger partial charge in [-0.3, -0.25) is 4.90 Å². The van der Waals surface area contributed by atoms with Gasteiger partial charge in [-0.25, -0.2) is 9.38 Å². The molecule has 0 saturated carbocycles. The van der Waals surface area contributed by atoms with Crippen molar-refractivity contribution in [1.82, 2.24) is 15.5 Å². The molecule has 1 fully saturated rings. The standard InChI is InChI=1S/C20H33FN4O.HI/c1-5-22-20(23-13-17-6-7-18(21)16(4)12-17)24-14-19(15(2)3)25-8-10-26-11-9-25;/h6-7,12,15,19H,5,8-11,13-14H2,1-4H3,(H2,22,23,24);1H. The van der Waals surface area contributed by atoms with Crippen LogP contribution in [0.2, 0.25) is 0 Å². The van der Waals surface area contributed by atoms with Crippen LogP contribution in [0.4, 0.5) is 4.39 Å². The maximum Gasteiger partial charge on any atom is 0.191 e. The first kappa shape index (κ1) is 24.1. The van der Waals surface area contributed by atoms with Crippen LogP contribution in [0.25, 0.3) is 0 Å². The maximum atomic E-state index is 13.4. The number of guanidine groups is 1. The van der Waals surface area contributed by atoms with Crippen LogP contribution in [0.3, 0.4) is 0 Å². The summed E-state index contributed by atoms with van der Waals surface area (Å²) in [4.78, 5) is 7.15. The summed E-state index contributed by atoms with van der Waals surface area (Å²) >= 11 is 0. The van der Waals surface area contributed by atoms with Gasteiger partial charge in [-0.2, -0.15) is 0 Å². The van der Waals surface area contributed by atoms with E-state index in [0.29, 0.717) is 24.1 Å². The van der Waals surface area contributed by atoms with Crippen molar-refractivity contribution in [3.63, 3.8) is 0 Å². The monoisotopic (exact) mass is 492 g/mol. The van der Waals surface area contributed by atoms with Crippen molar-refractivity contribution in [2.24, 2.45) is 10.9 Å². The molecule has 0 spiro atoms. The van der Waals surface area contributed by atoms with Crippen LogP contribution in [-0.2, 0) is 11.3 Å². The molecule has 2 rings (SSSR count). The lowest BCUT2D eigenvalue weighted by atomic mass is 10.0. The largest absolute Gasteiger partial charge is 0.379 e. The van der Waals surface area contributed by atoms with Gasteiger partial charge in [-0.05, 0) is 37.0 Å². The zero-order valence-electron chi connectivity index (χ0n) is 16.9.